The number of nitrogens with zero attached hydrogens (tertiary/aromatic N) is 1. The largest absolute Gasteiger partial charge is 0.241 e. The van der Waals surface area contributed by atoms with E-state index in [2.05, 4.69) is 30.5 Å². The van der Waals surface area contributed by atoms with E-state index >= 15 is 0 Å². The Kier molecular flexibility index (Phi) is 2.60. The van der Waals surface area contributed by atoms with Crippen LogP contribution < -0.4 is 0 Å². The molecule has 0 bridgehead atoms. The SMILES string of the molecule is CSc1nc2ccccc2c2c1CCCC2. The van der Waals surface area contributed by atoms with Crippen LogP contribution in [0.5, 0.6) is 0 Å². The topological polar surface area (TPSA) is 12.9 Å². The Bertz CT molecular complexity index is 533. The van der Waals surface area contributed by atoms with Gasteiger partial charge in [-0.25, -0.2) is 4.98 Å². The maximum absolute atomic E-state index is 4.77. The van der Waals surface area contributed by atoms with Gasteiger partial charge in [0, 0.05) is 5.39 Å². The molecule has 0 aliphatic heterocycles. The number of rotatable bonds is 1. The second-order valence-electron chi connectivity index (χ2n) is 4.30. The van der Waals surface area contributed by atoms with E-state index in [1.807, 2.05) is 0 Å². The first-order valence-corrected chi connectivity index (χ1v) is 7.07. The van der Waals surface area contributed by atoms with Crippen LogP contribution in [0.4, 0.5) is 0 Å². The fourth-order valence-electron chi connectivity index (χ4n) is 2.61. The Balaban J connectivity index is 2.35. The standard InChI is InChI=1S/C14H15NS/c1-16-14-12-8-3-2-6-10(12)11-7-4-5-9-13(11)15-14/h4-5,7,9H,2-3,6,8H2,1H3. The maximum Gasteiger partial charge on any atom is 0.0999 e. The van der Waals surface area contributed by atoms with Gasteiger partial charge in [0.15, 0.2) is 0 Å². The van der Waals surface area contributed by atoms with Crippen LogP contribution in [-0.4, -0.2) is 11.2 Å². The fraction of sp³-hybridized carbons (Fsp3) is 0.357. The molecule has 1 aliphatic carbocycles. The van der Waals surface area contributed by atoms with Gasteiger partial charge in [-0.1, -0.05) is 18.2 Å². The maximum atomic E-state index is 4.77. The lowest BCUT2D eigenvalue weighted by molar-refractivity contribution is 0.674. The van der Waals surface area contributed by atoms with Gasteiger partial charge in [0.2, 0.25) is 0 Å². The lowest BCUT2D eigenvalue weighted by Crippen LogP contribution is -2.06. The average Bonchev–Trinajstić information content (AvgIpc) is 2.38. The number of para-hydroxylation sites is 1. The van der Waals surface area contributed by atoms with Crippen molar-refractivity contribution in [2.24, 2.45) is 0 Å². The van der Waals surface area contributed by atoms with Crippen molar-refractivity contribution in [2.45, 2.75) is 30.7 Å². The summed E-state index contributed by atoms with van der Waals surface area (Å²) in [7, 11) is 0. The van der Waals surface area contributed by atoms with Crippen molar-refractivity contribution in [3.8, 4) is 0 Å². The monoisotopic (exact) mass is 229 g/mol. The molecular formula is C14H15NS. The highest BCUT2D eigenvalue weighted by Gasteiger charge is 2.17. The molecule has 0 saturated heterocycles. The van der Waals surface area contributed by atoms with E-state index in [-0.39, 0.29) is 0 Å². The molecule has 0 amide bonds. The zero-order chi connectivity index (χ0) is 11.0. The van der Waals surface area contributed by atoms with Gasteiger partial charge in [-0.2, -0.15) is 0 Å². The predicted octanol–water partition coefficient (Wildman–Crippen LogP) is 3.84. The molecule has 2 heteroatoms. The first-order valence-electron chi connectivity index (χ1n) is 5.84. The molecule has 2 aromatic rings. The first-order chi connectivity index (χ1) is 7.90. The third-order valence-electron chi connectivity index (χ3n) is 3.37. The van der Waals surface area contributed by atoms with Crippen molar-refractivity contribution in [1.82, 2.24) is 4.98 Å². The van der Waals surface area contributed by atoms with E-state index in [4.69, 9.17) is 4.98 Å². The third kappa shape index (κ3) is 1.52. The molecule has 1 heterocycles. The third-order valence-corrected chi connectivity index (χ3v) is 4.09. The normalized spacial score (nSPS) is 15.1. The van der Waals surface area contributed by atoms with Crippen molar-refractivity contribution in [2.75, 3.05) is 6.26 Å². The van der Waals surface area contributed by atoms with Crippen molar-refractivity contribution in [3.05, 3.63) is 35.4 Å². The molecule has 1 aromatic carbocycles. The van der Waals surface area contributed by atoms with Crippen molar-refractivity contribution < 1.29 is 0 Å². The molecule has 1 aromatic heterocycles. The Morgan fingerprint density at radius 1 is 1.06 bits per heavy atom. The molecule has 16 heavy (non-hydrogen) atoms. The molecule has 0 N–H and O–H groups in total. The summed E-state index contributed by atoms with van der Waals surface area (Å²) in [6.45, 7) is 0. The molecule has 82 valence electrons. The first kappa shape index (κ1) is 10.2. The highest BCUT2D eigenvalue weighted by molar-refractivity contribution is 7.98. The van der Waals surface area contributed by atoms with E-state index in [0.29, 0.717) is 0 Å². The summed E-state index contributed by atoms with van der Waals surface area (Å²) in [5.41, 5.74) is 4.23. The highest BCUT2D eigenvalue weighted by atomic mass is 32.2. The van der Waals surface area contributed by atoms with E-state index in [1.165, 1.54) is 41.7 Å². The van der Waals surface area contributed by atoms with Crippen LogP contribution in [0, 0.1) is 0 Å². The van der Waals surface area contributed by atoms with Crippen LogP contribution in [0.15, 0.2) is 29.3 Å². The van der Waals surface area contributed by atoms with Crippen LogP contribution in [0.2, 0.25) is 0 Å². The molecule has 0 saturated carbocycles. The number of aromatic nitrogens is 1. The Morgan fingerprint density at radius 3 is 2.62 bits per heavy atom. The Morgan fingerprint density at radius 2 is 1.81 bits per heavy atom. The highest BCUT2D eigenvalue weighted by Crippen LogP contribution is 2.33. The van der Waals surface area contributed by atoms with Gasteiger partial charge < -0.3 is 0 Å². The van der Waals surface area contributed by atoms with Gasteiger partial charge in [-0.05, 0) is 49.1 Å². The van der Waals surface area contributed by atoms with E-state index in [9.17, 15) is 0 Å². The molecular weight excluding hydrogens is 214 g/mol. The number of hydrogen-bond acceptors (Lipinski definition) is 2. The van der Waals surface area contributed by atoms with Gasteiger partial charge in [0.1, 0.15) is 0 Å². The molecule has 1 nitrogen and oxygen atoms in total. The van der Waals surface area contributed by atoms with Crippen molar-refractivity contribution >= 4 is 22.7 Å². The summed E-state index contributed by atoms with van der Waals surface area (Å²) in [6, 6.07) is 8.55. The van der Waals surface area contributed by atoms with Crippen LogP contribution in [-0.2, 0) is 12.8 Å². The number of aryl methyl sites for hydroxylation is 1. The number of fused-ring (bicyclic) bond motifs is 3. The summed E-state index contributed by atoms with van der Waals surface area (Å²) >= 11 is 1.79. The summed E-state index contributed by atoms with van der Waals surface area (Å²) in [6.07, 6.45) is 7.22. The quantitative estimate of drug-likeness (QED) is 0.689. The smallest absolute Gasteiger partial charge is 0.0999 e. The predicted molar refractivity (Wildman–Crippen MR) is 70.2 cm³/mol. The van der Waals surface area contributed by atoms with Gasteiger partial charge in [-0.15, -0.1) is 11.8 Å². The summed E-state index contributed by atoms with van der Waals surface area (Å²) < 4.78 is 0. The van der Waals surface area contributed by atoms with Gasteiger partial charge in [0.05, 0.1) is 10.5 Å². The number of benzene rings is 1. The van der Waals surface area contributed by atoms with E-state index in [0.717, 1.165) is 5.52 Å². The van der Waals surface area contributed by atoms with Crippen LogP contribution in [0.1, 0.15) is 24.0 Å². The zero-order valence-electron chi connectivity index (χ0n) is 9.49. The molecule has 0 unspecified atom stereocenters. The molecule has 0 atom stereocenters. The van der Waals surface area contributed by atoms with E-state index < -0.39 is 0 Å². The fourth-order valence-corrected chi connectivity index (χ4v) is 3.27. The zero-order valence-corrected chi connectivity index (χ0v) is 10.3. The van der Waals surface area contributed by atoms with Gasteiger partial charge in [-0.3, -0.25) is 0 Å². The minimum absolute atomic E-state index is 1.16. The molecule has 0 radical (unpaired) electrons. The van der Waals surface area contributed by atoms with Crippen LogP contribution in [0.3, 0.4) is 0 Å². The van der Waals surface area contributed by atoms with E-state index in [1.54, 1.807) is 17.3 Å². The van der Waals surface area contributed by atoms with Crippen molar-refractivity contribution in [3.63, 3.8) is 0 Å². The van der Waals surface area contributed by atoms with Gasteiger partial charge >= 0.3 is 0 Å². The lowest BCUT2D eigenvalue weighted by Gasteiger charge is -2.20. The summed E-state index contributed by atoms with van der Waals surface area (Å²) in [4.78, 5) is 4.77. The van der Waals surface area contributed by atoms with Crippen LogP contribution >= 0.6 is 11.8 Å². The van der Waals surface area contributed by atoms with Crippen LogP contribution in [0.25, 0.3) is 10.9 Å². The summed E-state index contributed by atoms with van der Waals surface area (Å²) in [5.74, 6) is 0. The Hall–Kier alpha value is -1.02. The minimum atomic E-state index is 1.16. The van der Waals surface area contributed by atoms with Gasteiger partial charge in [0.25, 0.3) is 0 Å². The second-order valence-corrected chi connectivity index (χ2v) is 5.10. The average molecular weight is 229 g/mol. The molecule has 3 rings (SSSR count). The number of pyridine rings is 1. The number of hydrogen-bond donors (Lipinski definition) is 0. The molecule has 1 aliphatic rings. The summed E-state index contributed by atoms with van der Waals surface area (Å²) in [5, 5.41) is 2.61. The minimum Gasteiger partial charge on any atom is -0.241 e. The van der Waals surface area contributed by atoms with Crippen molar-refractivity contribution in [1.29, 1.82) is 0 Å². The molecule has 0 fully saturated rings. The lowest BCUT2D eigenvalue weighted by atomic mass is 9.90. The molecule has 0 spiro atoms. The Labute approximate surface area is 100 Å². The number of thioether (sulfide) groups is 1. The second kappa shape index (κ2) is 4.10.